The lowest BCUT2D eigenvalue weighted by Gasteiger charge is -2.25. The molecule has 1 amide bonds. The number of hydrogen-bond donors (Lipinski definition) is 3. The molecule has 1 saturated heterocycles. The van der Waals surface area contributed by atoms with Crippen molar-refractivity contribution in [3.8, 4) is 0 Å². The van der Waals surface area contributed by atoms with Crippen LogP contribution in [0.25, 0.3) is 0 Å². The molecule has 0 saturated carbocycles. The van der Waals surface area contributed by atoms with E-state index in [9.17, 15) is 4.79 Å². The Bertz CT molecular complexity index is 442. The highest BCUT2D eigenvalue weighted by molar-refractivity contribution is 5.96. The van der Waals surface area contributed by atoms with Crippen molar-refractivity contribution < 1.29 is 9.53 Å². The number of nitrogens with one attached hydrogen (secondary N) is 2. The maximum atomic E-state index is 11.7. The first-order valence-corrected chi connectivity index (χ1v) is 6.72. The minimum absolute atomic E-state index is 0.0909. The maximum absolute atomic E-state index is 11.7. The number of nitrogen functional groups attached to an aromatic ring is 1. The summed E-state index contributed by atoms with van der Waals surface area (Å²) in [5.41, 5.74) is 8.09. The number of ether oxygens (including phenoxy) is 1. The molecule has 104 valence electrons. The van der Waals surface area contributed by atoms with Crippen molar-refractivity contribution in [1.82, 2.24) is 5.32 Å². The van der Waals surface area contributed by atoms with Gasteiger partial charge in [0.2, 0.25) is 0 Å². The fourth-order valence-electron chi connectivity index (χ4n) is 2.16. The molecule has 1 aromatic carbocycles. The highest BCUT2D eigenvalue weighted by atomic mass is 16.5. The van der Waals surface area contributed by atoms with E-state index in [4.69, 9.17) is 10.5 Å². The Morgan fingerprint density at radius 3 is 2.79 bits per heavy atom. The average Bonchev–Trinajstić information content (AvgIpc) is 2.42. The largest absolute Gasteiger partial charge is 0.397 e. The molecule has 0 spiro atoms. The van der Waals surface area contributed by atoms with Crippen LogP contribution in [0, 0.1) is 0 Å². The lowest BCUT2D eigenvalue weighted by atomic mass is 10.1. The molecule has 5 heteroatoms. The molecule has 1 aromatic rings. The van der Waals surface area contributed by atoms with Crippen molar-refractivity contribution in [2.45, 2.75) is 25.8 Å². The first-order valence-electron chi connectivity index (χ1n) is 6.72. The van der Waals surface area contributed by atoms with E-state index in [0.717, 1.165) is 31.7 Å². The predicted molar refractivity (Wildman–Crippen MR) is 76.3 cm³/mol. The quantitative estimate of drug-likeness (QED) is 0.721. The third-order valence-corrected chi connectivity index (χ3v) is 3.23. The van der Waals surface area contributed by atoms with Crippen LogP contribution in [0.5, 0.6) is 0 Å². The zero-order valence-corrected chi connectivity index (χ0v) is 11.2. The van der Waals surface area contributed by atoms with Gasteiger partial charge >= 0.3 is 0 Å². The summed E-state index contributed by atoms with van der Waals surface area (Å²) in [6, 6.07) is 5.77. The SMILES string of the molecule is CCNC(=O)c1ccc(NC2CCOCC2)c(N)c1. The van der Waals surface area contributed by atoms with Gasteiger partial charge in [0, 0.05) is 31.4 Å². The Morgan fingerprint density at radius 2 is 2.16 bits per heavy atom. The van der Waals surface area contributed by atoms with Crippen molar-refractivity contribution in [3.63, 3.8) is 0 Å². The lowest BCUT2D eigenvalue weighted by Crippen LogP contribution is -2.28. The van der Waals surface area contributed by atoms with Crippen LogP contribution in [0.2, 0.25) is 0 Å². The second-order valence-corrected chi connectivity index (χ2v) is 4.69. The first-order chi connectivity index (χ1) is 9.20. The third kappa shape index (κ3) is 3.61. The topological polar surface area (TPSA) is 76.4 Å². The number of nitrogens with two attached hydrogens (primary N) is 1. The fraction of sp³-hybridized carbons (Fsp3) is 0.500. The van der Waals surface area contributed by atoms with Crippen LogP contribution in [0.1, 0.15) is 30.1 Å². The van der Waals surface area contributed by atoms with Gasteiger partial charge in [-0.1, -0.05) is 0 Å². The monoisotopic (exact) mass is 263 g/mol. The Hall–Kier alpha value is -1.75. The Kier molecular flexibility index (Phi) is 4.63. The van der Waals surface area contributed by atoms with Crippen LogP contribution in [0.15, 0.2) is 18.2 Å². The molecular weight excluding hydrogens is 242 g/mol. The molecule has 1 heterocycles. The summed E-state index contributed by atoms with van der Waals surface area (Å²) in [5, 5.41) is 6.17. The number of hydrogen-bond acceptors (Lipinski definition) is 4. The maximum Gasteiger partial charge on any atom is 0.251 e. The van der Waals surface area contributed by atoms with E-state index in [1.807, 2.05) is 13.0 Å². The molecule has 5 nitrogen and oxygen atoms in total. The van der Waals surface area contributed by atoms with Gasteiger partial charge in [0.1, 0.15) is 0 Å². The molecule has 19 heavy (non-hydrogen) atoms. The van der Waals surface area contributed by atoms with Crippen LogP contribution < -0.4 is 16.4 Å². The summed E-state index contributed by atoms with van der Waals surface area (Å²) in [6.45, 7) is 4.08. The summed E-state index contributed by atoms with van der Waals surface area (Å²) >= 11 is 0. The minimum atomic E-state index is -0.0909. The van der Waals surface area contributed by atoms with E-state index in [1.165, 1.54) is 0 Å². The van der Waals surface area contributed by atoms with Crippen LogP contribution in [0.4, 0.5) is 11.4 Å². The van der Waals surface area contributed by atoms with Crippen molar-refractivity contribution in [2.75, 3.05) is 30.8 Å². The summed E-state index contributed by atoms with van der Waals surface area (Å²) in [6.07, 6.45) is 1.97. The first kappa shape index (κ1) is 13.7. The van der Waals surface area contributed by atoms with Gasteiger partial charge in [-0.25, -0.2) is 0 Å². The number of carbonyl (C=O) groups excluding carboxylic acids is 1. The highest BCUT2D eigenvalue weighted by Gasteiger charge is 2.15. The molecule has 0 unspecified atom stereocenters. The standard InChI is InChI=1S/C14H21N3O2/c1-2-16-14(18)10-3-4-13(12(15)9-10)17-11-5-7-19-8-6-11/h3-4,9,11,17H,2,5-8,15H2,1H3,(H,16,18). The molecular formula is C14H21N3O2. The third-order valence-electron chi connectivity index (χ3n) is 3.23. The van der Waals surface area contributed by atoms with Gasteiger partial charge < -0.3 is 21.1 Å². The molecule has 1 fully saturated rings. The normalized spacial score (nSPS) is 16.1. The van der Waals surface area contributed by atoms with E-state index < -0.39 is 0 Å². The molecule has 1 aliphatic rings. The molecule has 0 aromatic heterocycles. The zero-order chi connectivity index (χ0) is 13.7. The zero-order valence-electron chi connectivity index (χ0n) is 11.2. The van der Waals surface area contributed by atoms with Gasteiger partial charge in [0.05, 0.1) is 11.4 Å². The van der Waals surface area contributed by atoms with E-state index in [1.54, 1.807) is 12.1 Å². The van der Waals surface area contributed by atoms with E-state index in [0.29, 0.717) is 23.8 Å². The van der Waals surface area contributed by atoms with Crippen molar-refractivity contribution in [3.05, 3.63) is 23.8 Å². The van der Waals surface area contributed by atoms with Crippen LogP contribution in [-0.4, -0.2) is 31.7 Å². The predicted octanol–water partition coefficient (Wildman–Crippen LogP) is 1.61. The summed E-state index contributed by atoms with van der Waals surface area (Å²) < 4.78 is 5.32. The Labute approximate surface area is 113 Å². The Morgan fingerprint density at radius 1 is 1.42 bits per heavy atom. The molecule has 0 aliphatic carbocycles. The summed E-state index contributed by atoms with van der Waals surface area (Å²) in [7, 11) is 0. The second-order valence-electron chi connectivity index (χ2n) is 4.69. The lowest BCUT2D eigenvalue weighted by molar-refractivity contribution is 0.0904. The summed E-state index contributed by atoms with van der Waals surface area (Å²) in [4.78, 5) is 11.7. The van der Waals surface area contributed by atoms with Crippen molar-refractivity contribution >= 4 is 17.3 Å². The van der Waals surface area contributed by atoms with E-state index >= 15 is 0 Å². The fourth-order valence-corrected chi connectivity index (χ4v) is 2.16. The van der Waals surface area contributed by atoms with Crippen molar-refractivity contribution in [1.29, 1.82) is 0 Å². The second kappa shape index (κ2) is 6.43. The summed E-state index contributed by atoms with van der Waals surface area (Å²) in [5.74, 6) is -0.0909. The molecule has 2 rings (SSSR count). The molecule has 4 N–H and O–H groups in total. The van der Waals surface area contributed by atoms with E-state index in [2.05, 4.69) is 10.6 Å². The molecule has 1 aliphatic heterocycles. The number of amides is 1. The van der Waals surface area contributed by atoms with Gasteiger partial charge in [0.25, 0.3) is 5.91 Å². The van der Waals surface area contributed by atoms with Gasteiger partial charge in [-0.3, -0.25) is 4.79 Å². The number of carbonyl (C=O) groups is 1. The average molecular weight is 263 g/mol. The number of benzene rings is 1. The number of rotatable bonds is 4. The van der Waals surface area contributed by atoms with E-state index in [-0.39, 0.29) is 5.91 Å². The van der Waals surface area contributed by atoms with Gasteiger partial charge in [-0.15, -0.1) is 0 Å². The molecule has 0 radical (unpaired) electrons. The smallest absolute Gasteiger partial charge is 0.251 e. The van der Waals surface area contributed by atoms with Gasteiger partial charge in [0.15, 0.2) is 0 Å². The van der Waals surface area contributed by atoms with Gasteiger partial charge in [-0.05, 0) is 38.0 Å². The van der Waals surface area contributed by atoms with Crippen molar-refractivity contribution in [2.24, 2.45) is 0 Å². The molecule has 0 atom stereocenters. The Balaban J connectivity index is 2.04. The number of anilines is 2. The van der Waals surface area contributed by atoms with Crippen LogP contribution >= 0.6 is 0 Å². The van der Waals surface area contributed by atoms with Gasteiger partial charge in [-0.2, -0.15) is 0 Å². The van der Waals surface area contributed by atoms with Crippen LogP contribution in [-0.2, 0) is 4.74 Å². The minimum Gasteiger partial charge on any atom is -0.397 e. The highest BCUT2D eigenvalue weighted by Crippen LogP contribution is 2.23. The van der Waals surface area contributed by atoms with Crippen LogP contribution in [0.3, 0.4) is 0 Å². The molecule has 0 bridgehead atoms.